The molecule has 0 unspecified atom stereocenters. The Kier molecular flexibility index (Phi) is 5.43. The van der Waals surface area contributed by atoms with Crippen LogP contribution >= 0.6 is 0 Å². The maximum absolute atomic E-state index is 12.2. The zero-order valence-corrected chi connectivity index (χ0v) is 14.3. The Balaban J connectivity index is 2.06. The van der Waals surface area contributed by atoms with Gasteiger partial charge in [-0.15, -0.1) is 0 Å². The van der Waals surface area contributed by atoms with Gasteiger partial charge in [0, 0.05) is 11.8 Å². The second-order valence-corrected chi connectivity index (χ2v) is 5.59. The monoisotopic (exact) mass is 324 g/mol. The van der Waals surface area contributed by atoms with Gasteiger partial charge in [-0.1, -0.05) is 17.7 Å². The highest BCUT2D eigenvalue weighted by atomic mass is 16.5. The summed E-state index contributed by atoms with van der Waals surface area (Å²) in [5.74, 6) is 0.588. The first-order valence-electron chi connectivity index (χ1n) is 7.53. The van der Waals surface area contributed by atoms with Gasteiger partial charge in [0.05, 0.1) is 18.7 Å². The van der Waals surface area contributed by atoms with Gasteiger partial charge in [-0.25, -0.2) is 0 Å². The Morgan fingerprint density at radius 3 is 2.38 bits per heavy atom. The van der Waals surface area contributed by atoms with Crippen molar-refractivity contribution in [3.05, 3.63) is 52.6 Å². The molecule has 0 radical (unpaired) electrons. The number of ether oxygens (including phenoxy) is 2. The number of amides is 1. The summed E-state index contributed by atoms with van der Waals surface area (Å²) >= 11 is 0. The van der Waals surface area contributed by atoms with Crippen LogP contribution in [0, 0.1) is 32.1 Å². The van der Waals surface area contributed by atoms with Gasteiger partial charge < -0.3 is 14.8 Å². The fourth-order valence-corrected chi connectivity index (χ4v) is 2.55. The molecule has 0 fully saturated rings. The van der Waals surface area contributed by atoms with Gasteiger partial charge in [0.2, 0.25) is 0 Å². The van der Waals surface area contributed by atoms with E-state index in [1.807, 2.05) is 39.0 Å². The Morgan fingerprint density at radius 2 is 1.79 bits per heavy atom. The predicted molar refractivity (Wildman–Crippen MR) is 92.5 cm³/mol. The Morgan fingerprint density at radius 1 is 1.12 bits per heavy atom. The number of benzene rings is 2. The second-order valence-electron chi connectivity index (χ2n) is 5.59. The summed E-state index contributed by atoms with van der Waals surface area (Å²) in [5, 5.41) is 11.8. The lowest BCUT2D eigenvalue weighted by Gasteiger charge is -2.14. The summed E-state index contributed by atoms with van der Waals surface area (Å²) in [4.78, 5) is 12.2. The molecule has 5 heteroatoms. The van der Waals surface area contributed by atoms with Crippen molar-refractivity contribution >= 4 is 11.6 Å². The molecule has 0 heterocycles. The second kappa shape index (κ2) is 7.51. The van der Waals surface area contributed by atoms with Crippen LogP contribution in [-0.2, 0) is 4.79 Å². The zero-order chi connectivity index (χ0) is 17.7. The molecule has 0 spiro atoms. The number of methoxy groups -OCH3 is 1. The van der Waals surface area contributed by atoms with Crippen molar-refractivity contribution < 1.29 is 14.3 Å². The largest absolute Gasteiger partial charge is 0.493 e. The molecule has 1 N–H and O–H groups in total. The van der Waals surface area contributed by atoms with Crippen molar-refractivity contribution in [1.82, 2.24) is 0 Å². The van der Waals surface area contributed by atoms with Gasteiger partial charge >= 0.3 is 0 Å². The molecule has 0 atom stereocenters. The van der Waals surface area contributed by atoms with E-state index in [4.69, 9.17) is 14.7 Å². The number of aryl methyl sites for hydroxylation is 3. The summed E-state index contributed by atoms with van der Waals surface area (Å²) < 4.78 is 10.7. The van der Waals surface area contributed by atoms with Crippen LogP contribution in [0.5, 0.6) is 11.5 Å². The molecular formula is C19H20N2O3. The van der Waals surface area contributed by atoms with Crippen LogP contribution < -0.4 is 14.8 Å². The summed E-state index contributed by atoms with van der Waals surface area (Å²) in [7, 11) is 1.49. The standard InChI is InChI=1S/C19H20N2O3/c1-12-7-13(2)19(14(3)8-12)21-18(22)11-24-16-6-5-15(10-20)9-17(16)23-4/h5-9H,11H2,1-4H3,(H,21,22). The van der Waals surface area contributed by atoms with Gasteiger partial charge in [-0.05, 0) is 44.0 Å². The summed E-state index contributed by atoms with van der Waals surface area (Å²) in [6.45, 7) is 5.79. The molecule has 0 saturated heterocycles. The molecule has 1 amide bonds. The summed E-state index contributed by atoms with van der Waals surface area (Å²) in [5.41, 5.74) is 4.45. The number of hydrogen-bond acceptors (Lipinski definition) is 4. The maximum Gasteiger partial charge on any atom is 0.262 e. The lowest BCUT2D eigenvalue weighted by Crippen LogP contribution is -2.21. The number of carbonyl (C=O) groups is 1. The van der Waals surface area contributed by atoms with Gasteiger partial charge in [0.25, 0.3) is 5.91 Å². The van der Waals surface area contributed by atoms with Crippen LogP contribution in [0.2, 0.25) is 0 Å². The van der Waals surface area contributed by atoms with Crippen LogP contribution in [0.4, 0.5) is 5.69 Å². The lowest BCUT2D eigenvalue weighted by molar-refractivity contribution is -0.118. The smallest absolute Gasteiger partial charge is 0.262 e. The SMILES string of the molecule is COc1cc(C#N)ccc1OCC(=O)Nc1c(C)cc(C)cc1C. The minimum absolute atomic E-state index is 0.144. The van der Waals surface area contributed by atoms with Crippen molar-refractivity contribution in [1.29, 1.82) is 5.26 Å². The number of nitriles is 1. The van der Waals surface area contributed by atoms with E-state index >= 15 is 0 Å². The fourth-order valence-electron chi connectivity index (χ4n) is 2.55. The number of nitrogens with zero attached hydrogens (tertiary/aromatic N) is 1. The van der Waals surface area contributed by atoms with Crippen LogP contribution in [0.25, 0.3) is 0 Å². The molecule has 24 heavy (non-hydrogen) atoms. The highest BCUT2D eigenvalue weighted by Gasteiger charge is 2.11. The minimum atomic E-state index is -0.253. The van der Waals surface area contributed by atoms with Crippen LogP contribution in [0.15, 0.2) is 30.3 Å². The number of carbonyl (C=O) groups excluding carboxylic acids is 1. The highest BCUT2D eigenvalue weighted by Crippen LogP contribution is 2.28. The van der Waals surface area contributed by atoms with Crippen molar-refractivity contribution in [2.24, 2.45) is 0 Å². The van der Waals surface area contributed by atoms with Gasteiger partial charge in [0.1, 0.15) is 0 Å². The van der Waals surface area contributed by atoms with Gasteiger partial charge in [-0.3, -0.25) is 4.79 Å². The van der Waals surface area contributed by atoms with Gasteiger partial charge in [0.15, 0.2) is 18.1 Å². The molecule has 0 bridgehead atoms. The lowest BCUT2D eigenvalue weighted by atomic mass is 10.1. The summed E-state index contributed by atoms with van der Waals surface area (Å²) in [6.07, 6.45) is 0. The van der Waals surface area contributed by atoms with E-state index in [-0.39, 0.29) is 12.5 Å². The topological polar surface area (TPSA) is 71.3 Å². The third-order valence-corrected chi connectivity index (χ3v) is 3.59. The molecule has 124 valence electrons. The third-order valence-electron chi connectivity index (χ3n) is 3.59. The normalized spacial score (nSPS) is 9.96. The molecule has 0 saturated carbocycles. The van der Waals surface area contributed by atoms with Gasteiger partial charge in [-0.2, -0.15) is 5.26 Å². The Bertz CT molecular complexity index is 784. The number of hydrogen-bond donors (Lipinski definition) is 1. The first kappa shape index (κ1) is 17.4. The number of rotatable bonds is 5. The van der Waals surface area contributed by atoms with Crippen molar-refractivity contribution in [3.63, 3.8) is 0 Å². The van der Waals surface area contributed by atoms with Crippen molar-refractivity contribution in [3.8, 4) is 17.6 Å². The molecule has 2 rings (SSSR count). The molecular weight excluding hydrogens is 304 g/mol. The highest BCUT2D eigenvalue weighted by molar-refractivity contribution is 5.93. The molecule has 0 aliphatic rings. The quantitative estimate of drug-likeness (QED) is 0.913. The molecule has 0 aliphatic carbocycles. The average Bonchev–Trinajstić information content (AvgIpc) is 2.56. The van der Waals surface area contributed by atoms with E-state index in [0.717, 1.165) is 22.4 Å². The molecule has 2 aromatic carbocycles. The van der Waals surface area contributed by atoms with Crippen LogP contribution in [0.1, 0.15) is 22.3 Å². The minimum Gasteiger partial charge on any atom is -0.493 e. The zero-order valence-electron chi connectivity index (χ0n) is 14.3. The van der Waals surface area contributed by atoms with E-state index < -0.39 is 0 Å². The van der Waals surface area contributed by atoms with Crippen LogP contribution in [0.3, 0.4) is 0 Å². The summed E-state index contributed by atoms with van der Waals surface area (Å²) in [6, 6.07) is 10.9. The van der Waals surface area contributed by atoms with Crippen LogP contribution in [-0.4, -0.2) is 19.6 Å². The van der Waals surface area contributed by atoms with Crippen molar-refractivity contribution in [2.75, 3.05) is 19.0 Å². The number of anilines is 1. The first-order valence-corrected chi connectivity index (χ1v) is 7.53. The Hall–Kier alpha value is -3.00. The first-order chi connectivity index (χ1) is 11.4. The Labute approximate surface area is 141 Å². The fraction of sp³-hybridized carbons (Fsp3) is 0.263. The van der Waals surface area contributed by atoms with E-state index in [9.17, 15) is 4.79 Å². The maximum atomic E-state index is 12.2. The number of nitrogens with one attached hydrogen (secondary N) is 1. The third kappa shape index (κ3) is 4.05. The predicted octanol–water partition coefficient (Wildman–Crippen LogP) is 3.51. The molecule has 0 aromatic heterocycles. The van der Waals surface area contributed by atoms with E-state index in [0.29, 0.717) is 17.1 Å². The van der Waals surface area contributed by atoms with E-state index in [1.54, 1.807) is 18.2 Å². The van der Waals surface area contributed by atoms with E-state index in [2.05, 4.69) is 5.32 Å². The molecule has 0 aliphatic heterocycles. The molecule has 2 aromatic rings. The van der Waals surface area contributed by atoms with Crippen molar-refractivity contribution in [2.45, 2.75) is 20.8 Å². The molecule has 5 nitrogen and oxygen atoms in total. The van der Waals surface area contributed by atoms with E-state index in [1.165, 1.54) is 7.11 Å². The average molecular weight is 324 g/mol.